The molecule has 1 unspecified atom stereocenters. The Morgan fingerprint density at radius 2 is 1.95 bits per heavy atom. The van der Waals surface area contributed by atoms with Gasteiger partial charge in [-0.05, 0) is 49.7 Å². The molecule has 1 N–H and O–H groups in total. The van der Waals surface area contributed by atoms with Gasteiger partial charge < -0.3 is 10.1 Å². The van der Waals surface area contributed by atoms with Crippen LogP contribution in [0.25, 0.3) is 0 Å². The van der Waals surface area contributed by atoms with Gasteiger partial charge in [-0.3, -0.25) is 0 Å². The Labute approximate surface area is 123 Å². The number of rotatable bonds is 4. The molecule has 0 aliphatic rings. The van der Waals surface area contributed by atoms with Gasteiger partial charge in [0.15, 0.2) is 0 Å². The molecule has 0 saturated heterocycles. The molecule has 1 aromatic carbocycles. The summed E-state index contributed by atoms with van der Waals surface area (Å²) < 4.78 is 6.25. The Hall–Kier alpha value is -1.03. The standard InChI is InChI=1S/C15H18ClNOS/c1-9-5-6-11(8-12(9)18-4)14(17-3)13-7-10(2)15(16)19-13/h5-8,14,17H,1-4H3. The quantitative estimate of drug-likeness (QED) is 0.906. The average molecular weight is 296 g/mol. The van der Waals surface area contributed by atoms with Crippen molar-refractivity contribution >= 4 is 22.9 Å². The SMILES string of the molecule is CNC(c1ccc(C)c(OC)c1)c1cc(C)c(Cl)s1. The predicted molar refractivity (Wildman–Crippen MR) is 82.7 cm³/mol. The van der Waals surface area contributed by atoms with Crippen molar-refractivity contribution in [3.8, 4) is 5.75 Å². The van der Waals surface area contributed by atoms with Crippen LogP contribution in [0.1, 0.15) is 27.6 Å². The molecule has 2 nitrogen and oxygen atoms in total. The third-order valence-corrected chi connectivity index (χ3v) is 4.83. The fourth-order valence-electron chi connectivity index (χ4n) is 2.12. The van der Waals surface area contributed by atoms with Gasteiger partial charge in [0.2, 0.25) is 0 Å². The highest BCUT2D eigenvalue weighted by atomic mass is 35.5. The van der Waals surface area contributed by atoms with E-state index in [1.165, 1.54) is 10.4 Å². The highest BCUT2D eigenvalue weighted by molar-refractivity contribution is 7.16. The Bertz CT molecular complexity index is 560. The molecule has 0 saturated carbocycles. The third kappa shape index (κ3) is 2.94. The van der Waals surface area contributed by atoms with Crippen LogP contribution in [0.3, 0.4) is 0 Å². The number of ether oxygens (including phenoxy) is 1. The molecule has 0 bridgehead atoms. The largest absolute Gasteiger partial charge is 0.496 e. The fraction of sp³-hybridized carbons (Fsp3) is 0.333. The number of hydrogen-bond donors (Lipinski definition) is 1. The van der Waals surface area contributed by atoms with Crippen molar-refractivity contribution < 1.29 is 4.74 Å². The first kappa shape index (κ1) is 14.4. The van der Waals surface area contributed by atoms with Crippen LogP contribution in [0.2, 0.25) is 4.34 Å². The lowest BCUT2D eigenvalue weighted by molar-refractivity contribution is 0.410. The van der Waals surface area contributed by atoms with E-state index < -0.39 is 0 Å². The van der Waals surface area contributed by atoms with Crippen molar-refractivity contribution in [1.29, 1.82) is 0 Å². The maximum absolute atomic E-state index is 6.17. The van der Waals surface area contributed by atoms with E-state index in [9.17, 15) is 0 Å². The van der Waals surface area contributed by atoms with Crippen molar-refractivity contribution in [3.05, 3.63) is 50.2 Å². The van der Waals surface area contributed by atoms with Gasteiger partial charge in [0.05, 0.1) is 17.5 Å². The Morgan fingerprint density at radius 3 is 2.47 bits per heavy atom. The number of aryl methyl sites for hydroxylation is 2. The fourth-order valence-corrected chi connectivity index (χ4v) is 3.47. The molecule has 0 spiro atoms. The molecule has 0 aliphatic carbocycles. The van der Waals surface area contributed by atoms with E-state index >= 15 is 0 Å². The highest BCUT2D eigenvalue weighted by Gasteiger charge is 2.17. The van der Waals surface area contributed by atoms with Crippen LogP contribution in [0.15, 0.2) is 24.3 Å². The first-order chi connectivity index (χ1) is 9.06. The zero-order valence-corrected chi connectivity index (χ0v) is 13.2. The van der Waals surface area contributed by atoms with Crippen LogP contribution in [0.4, 0.5) is 0 Å². The van der Waals surface area contributed by atoms with Gasteiger partial charge in [-0.2, -0.15) is 0 Å². The summed E-state index contributed by atoms with van der Waals surface area (Å²) in [5.74, 6) is 0.914. The minimum atomic E-state index is 0.144. The molecule has 0 amide bonds. The van der Waals surface area contributed by atoms with Gasteiger partial charge in [0.1, 0.15) is 5.75 Å². The minimum absolute atomic E-state index is 0.144. The van der Waals surface area contributed by atoms with Gasteiger partial charge in [0, 0.05) is 4.88 Å². The molecule has 1 heterocycles. The molecule has 0 fully saturated rings. The molecule has 0 aliphatic heterocycles. The van der Waals surface area contributed by atoms with E-state index in [2.05, 4.69) is 29.6 Å². The van der Waals surface area contributed by atoms with Crippen molar-refractivity contribution in [2.24, 2.45) is 0 Å². The van der Waals surface area contributed by atoms with Crippen LogP contribution < -0.4 is 10.1 Å². The second-order valence-corrected chi connectivity index (χ2v) is 6.24. The maximum Gasteiger partial charge on any atom is 0.122 e. The summed E-state index contributed by atoms with van der Waals surface area (Å²) in [5, 5.41) is 3.34. The van der Waals surface area contributed by atoms with Gasteiger partial charge in [-0.25, -0.2) is 0 Å². The molecule has 1 atom stereocenters. The summed E-state index contributed by atoms with van der Waals surface area (Å²) in [6, 6.07) is 8.58. The summed E-state index contributed by atoms with van der Waals surface area (Å²) in [4.78, 5) is 1.22. The Morgan fingerprint density at radius 1 is 1.21 bits per heavy atom. The van der Waals surface area contributed by atoms with Crippen molar-refractivity contribution in [2.45, 2.75) is 19.9 Å². The van der Waals surface area contributed by atoms with Gasteiger partial charge in [-0.15, -0.1) is 11.3 Å². The Balaban J connectivity index is 2.41. The summed E-state index contributed by atoms with van der Waals surface area (Å²) in [7, 11) is 3.66. The summed E-state index contributed by atoms with van der Waals surface area (Å²) >= 11 is 7.79. The average Bonchev–Trinajstić information content (AvgIpc) is 2.72. The van der Waals surface area contributed by atoms with Crippen molar-refractivity contribution in [3.63, 3.8) is 0 Å². The summed E-state index contributed by atoms with van der Waals surface area (Å²) in [6.45, 7) is 4.08. The number of benzene rings is 1. The van der Waals surface area contributed by atoms with Crippen LogP contribution >= 0.6 is 22.9 Å². The predicted octanol–water partition coefficient (Wildman–Crippen LogP) is 4.34. The van der Waals surface area contributed by atoms with E-state index in [0.717, 1.165) is 21.2 Å². The lowest BCUT2D eigenvalue weighted by atomic mass is 10.0. The third-order valence-electron chi connectivity index (χ3n) is 3.21. The van der Waals surface area contributed by atoms with Crippen molar-refractivity contribution in [1.82, 2.24) is 5.32 Å². The molecule has 1 aromatic heterocycles. The monoisotopic (exact) mass is 295 g/mol. The second-order valence-electron chi connectivity index (χ2n) is 4.56. The van der Waals surface area contributed by atoms with E-state index in [0.29, 0.717) is 0 Å². The van der Waals surface area contributed by atoms with E-state index in [4.69, 9.17) is 16.3 Å². The summed E-state index contributed by atoms with van der Waals surface area (Å²) in [5.41, 5.74) is 3.45. The molecule has 0 radical (unpaired) electrons. The molecular formula is C15H18ClNOS. The second kappa shape index (κ2) is 5.95. The molecule has 4 heteroatoms. The minimum Gasteiger partial charge on any atom is -0.496 e. The van der Waals surface area contributed by atoms with Crippen LogP contribution in [-0.4, -0.2) is 14.2 Å². The molecule has 2 rings (SSSR count). The number of halogens is 1. The zero-order valence-electron chi connectivity index (χ0n) is 11.6. The molecule has 102 valence electrons. The van der Waals surface area contributed by atoms with Crippen LogP contribution in [-0.2, 0) is 0 Å². The molecule has 2 aromatic rings. The molecular weight excluding hydrogens is 278 g/mol. The van der Waals surface area contributed by atoms with E-state index in [1.54, 1.807) is 18.4 Å². The molecule has 19 heavy (non-hydrogen) atoms. The van der Waals surface area contributed by atoms with Gasteiger partial charge in [-0.1, -0.05) is 23.7 Å². The first-order valence-electron chi connectivity index (χ1n) is 6.14. The normalized spacial score (nSPS) is 12.5. The van der Waals surface area contributed by atoms with Gasteiger partial charge >= 0.3 is 0 Å². The lowest BCUT2D eigenvalue weighted by Crippen LogP contribution is -2.16. The topological polar surface area (TPSA) is 21.3 Å². The Kier molecular flexibility index (Phi) is 4.50. The number of nitrogens with one attached hydrogen (secondary N) is 1. The van der Waals surface area contributed by atoms with Crippen molar-refractivity contribution in [2.75, 3.05) is 14.2 Å². The van der Waals surface area contributed by atoms with E-state index in [1.807, 2.05) is 20.9 Å². The lowest BCUT2D eigenvalue weighted by Gasteiger charge is -2.16. The van der Waals surface area contributed by atoms with Crippen LogP contribution in [0.5, 0.6) is 5.75 Å². The number of thiophene rings is 1. The van der Waals surface area contributed by atoms with Crippen LogP contribution in [0, 0.1) is 13.8 Å². The number of hydrogen-bond acceptors (Lipinski definition) is 3. The van der Waals surface area contributed by atoms with Gasteiger partial charge in [0.25, 0.3) is 0 Å². The maximum atomic E-state index is 6.17. The zero-order chi connectivity index (χ0) is 14.0. The van der Waals surface area contributed by atoms with E-state index in [-0.39, 0.29) is 6.04 Å². The number of methoxy groups -OCH3 is 1. The first-order valence-corrected chi connectivity index (χ1v) is 7.34. The highest BCUT2D eigenvalue weighted by Crippen LogP contribution is 2.35. The smallest absolute Gasteiger partial charge is 0.122 e. The summed E-state index contributed by atoms with van der Waals surface area (Å²) in [6.07, 6.45) is 0.